The van der Waals surface area contributed by atoms with Crippen LogP contribution in [0.15, 0.2) is 60.7 Å². The summed E-state index contributed by atoms with van der Waals surface area (Å²) in [6.45, 7) is 7.59. The predicted octanol–water partition coefficient (Wildman–Crippen LogP) is 3.77. The third kappa shape index (κ3) is 3.75. The lowest BCUT2D eigenvalue weighted by molar-refractivity contribution is -0.0147. The van der Waals surface area contributed by atoms with E-state index in [1.54, 1.807) is 0 Å². The minimum absolute atomic E-state index is 0.306. The second-order valence-electron chi connectivity index (χ2n) is 7.20. The highest BCUT2D eigenvalue weighted by molar-refractivity contribution is 5.60. The van der Waals surface area contributed by atoms with Gasteiger partial charge in [-0.15, -0.1) is 0 Å². The average Bonchev–Trinajstić information content (AvgIpc) is 2.75. The molecule has 2 aromatic carbocycles. The van der Waals surface area contributed by atoms with Gasteiger partial charge >= 0.3 is 0 Å². The van der Waals surface area contributed by atoms with Crippen molar-refractivity contribution in [3.63, 3.8) is 0 Å². The SMILES string of the molecule is CC(C)(c1nc(-c2ccccc2)nc(-c2ccccc2)n1)N1CCOCC1. The number of rotatable bonds is 4. The summed E-state index contributed by atoms with van der Waals surface area (Å²) in [5, 5.41) is 0. The van der Waals surface area contributed by atoms with Gasteiger partial charge in [0.1, 0.15) is 0 Å². The van der Waals surface area contributed by atoms with E-state index in [9.17, 15) is 0 Å². The van der Waals surface area contributed by atoms with Crippen LogP contribution in [0, 0.1) is 0 Å². The van der Waals surface area contributed by atoms with Gasteiger partial charge in [-0.05, 0) is 13.8 Å². The van der Waals surface area contributed by atoms with Crippen LogP contribution in [-0.4, -0.2) is 46.2 Å². The standard InChI is InChI=1S/C22H24N4O/c1-22(2,26-13-15-27-16-14-26)21-24-19(17-9-5-3-6-10-17)23-20(25-21)18-11-7-4-8-12-18/h3-12H,13-16H2,1-2H3. The first-order valence-corrected chi connectivity index (χ1v) is 9.35. The van der Waals surface area contributed by atoms with Crippen molar-refractivity contribution in [1.29, 1.82) is 0 Å². The molecule has 1 aliphatic heterocycles. The third-order valence-corrected chi connectivity index (χ3v) is 5.05. The van der Waals surface area contributed by atoms with Crippen LogP contribution in [0.3, 0.4) is 0 Å². The largest absolute Gasteiger partial charge is 0.379 e. The molecule has 1 saturated heterocycles. The Morgan fingerprint density at radius 2 is 1.22 bits per heavy atom. The number of hydrogen-bond acceptors (Lipinski definition) is 5. The number of hydrogen-bond donors (Lipinski definition) is 0. The molecule has 0 N–H and O–H groups in total. The first kappa shape index (κ1) is 17.8. The molecule has 27 heavy (non-hydrogen) atoms. The molecule has 0 unspecified atom stereocenters. The Morgan fingerprint density at radius 1 is 0.741 bits per heavy atom. The van der Waals surface area contributed by atoms with E-state index in [0.29, 0.717) is 11.6 Å². The first-order valence-electron chi connectivity index (χ1n) is 9.35. The minimum Gasteiger partial charge on any atom is -0.379 e. The molecule has 1 fully saturated rings. The lowest BCUT2D eigenvalue weighted by atomic mass is 10.0. The van der Waals surface area contributed by atoms with Crippen molar-refractivity contribution < 1.29 is 4.74 Å². The van der Waals surface area contributed by atoms with E-state index >= 15 is 0 Å². The third-order valence-electron chi connectivity index (χ3n) is 5.05. The summed E-state index contributed by atoms with van der Waals surface area (Å²) >= 11 is 0. The highest BCUT2D eigenvalue weighted by Gasteiger charge is 2.33. The molecule has 1 aliphatic rings. The summed E-state index contributed by atoms with van der Waals surface area (Å²) in [6, 6.07) is 20.2. The zero-order valence-electron chi connectivity index (χ0n) is 15.8. The van der Waals surface area contributed by atoms with Crippen LogP contribution in [0.4, 0.5) is 0 Å². The van der Waals surface area contributed by atoms with Crippen molar-refractivity contribution in [2.45, 2.75) is 19.4 Å². The van der Waals surface area contributed by atoms with Crippen LogP contribution in [0.5, 0.6) is 0 Å². The Bertz CT molecular complexity index is 833. The van der Waals surface area contributed by atoms with Gasteiger partial charge in [-0.3, -0.25) is 4.90 Å². The van der Waals surface area contributed by atoms with Crippen LogP contribution < -0.4 is 0 Å². The summed E-state index contributed by atoms with van der Waals surface area (Å²) in [7, 11) is 0. The summed E-state index contributed by atoms with van der Waals surface area (Å²) < 4.78 is 5.52. The summed E-state index contributed by atoms with van der Waals surface area (Å²) in [5.74, 6) is 2.21. The van der Waals surface area contributed by atoms with Gasteiger partial charge in [0.2, 0.25) is 0 Å². The van der Waals surface area contributed by atoms with Crippen LogP contribution in [0.1, 0.15) is 19.7 Å². The second kappa shape index (κ2) is 7.55. The van der Waals surface area contributed by atoms with Crippen molar-refractivity contribution in [3.8, 4) is 22.8 Å². The number of morpholine rings is 1. The van der Waals surface area contributed by atoms with Gasteiger partial charge in [-0.2, -0.15) is 0 Å². The molecule has 0 bridgehead atoms. The maximum absolute atomic E-state index is 5.52. The number of ether oxygens (including phenoxy) is 1. The van der Waals surface area contributed by atoms with E-state index in [4.69, 9.17) is 19.7 Å². The lowest BCUT2D eigenvalue weighted by Crippen LogP contribution is -2.48. The highest BCUT2D eigenvalue weighted by Crippen LogP contribution is 2.29. The van der Waals surface area contributed by atoms with Crippen molar-refractivity contribution >= 4 is 0 Å². The van der Waals surface area contributed by atoms with E-state index in [2.05, 4.69) is 18.7 Å². The second-order valence-corrected chi connectivity index (χ2v) is 7.20. The first-order chi connectivity index (χ1) is 13.1. The van der Waals surface area contributed by atoms with Crippen molar-refractivity contribution in [1.82, 2.24) is 19.9 Å². The fourth-order valence-electron chi connectivity index (χ4n) is 3.35. The maximum atomic E-state index is 5.52. The van der Waals surface area contributed by atoms with Gasteiger partial charge < -0.3 is 4.74 Å². The smallest absolute Gasteiger partial charge is 0.163 e. The highest BCUT2D eigenvalue weighted by atomic mass is 16.5. The van der Waals surface area contributed by atoms with Crippen molar-refractivity contribution in [2.24, 2.45) is 0 Å². The fraction of sp³-hybridized carbons (Fsp3) is 0.318. The Labute approximate surface area is 160 Å². The molecule has 5 heteroatoms. The van der Waals surface area contributed by atoms with E-state index in [-0.39, 0.29) is 5.54 Å². The van der Waals surface area contributed by atoms with Gasteiger partial charge in [-0.1, -0.05) is 60.7 Å². The number of benzene rings is 2. The molecule has 4 rings (SSSR count). The molecular formula is C22H24N4O. The van der Waals surface area contributed by atoms with Crippen molar-refractivity contribution in [3.05, 3.63) is 66.5 Å². The topological polar surface area (TPSA) is 51.1 Å². The number of aromatic nitrogens is 3. The van der Waals surface area contributed by atoms with E-state index in [1.807, 2.05) is 60.7 Å². The molecule has 0 aliphatic carbocycles. The molecule has 138 valence electrons. The van der Waals surface area contributed by atoms with Crippen LogP contribution in [0.2, 0.25) is 0 Å². The van der Waals surface area contributed by atoms with E-state index in [1.165, 1.54) is 0 Å². The molecule has 0 atom stereocenters. The normalized spacial score (nSPS) is 15.6. The van der Waals surface area contributed by atoms with Gasteiger partial charge in [0.05, 0.1) is 18.8 Å². The average molecular weight is 360 g/mol. The van der Waals surface area contributed by atoms with Crippen molar-refractivity contribution in [2.75, 3.05) is 26.3 Å². The lowest BCUT2D eigenvalue weighted by Gasteiger charge is -2.39. The molecule has 1 aromatic heterocycles. The quantitative estimate of drug-likeness (QED) is 0.709. The monoisotopic (exact) mass is 360 g/mol. The molecule has 2 heterocycles. The van der Waals surface area contributed by atoms with Gasteiger partial charge in [0.25, 0.3) is 0 Å². The zero-order valence-corrected chi connectivity index (χ0v) is 15.8. The number of nitrogens with zero attached hydrogens (tertiary/aromatic N) is 4. The Morgan fingerprint density at radius 3 is 1.70 bits per heavy atom. The fourth-order valence-corrected chi connectivity index (χ4v) is 3.35. The molecule has 5 nitrogen and oxygen atoms in total. The Hall–Kier alpha value is -2.63. The summed E-state index contributed by atoms with van der Waals surface area (Å²) in [6.07, 6.45) is 0. The minimum atomic E-state index is -0.306. The molecule has 0 radical (unpaired) electrons. The maximum Gasteiger partial charge on any atom is 0.163 e. The predicted molar refractivity (Wildman–Crippen MR) is 106 cm³/mol. The molecule has 3 aromatic rings. The molecule has 0 amide bonds. The van der Waals surface area contributed by atoms with Crippen LogP contribution >= 0.6 is 0 Å². The van der Waals surface area contributed by atoms with E-state index in [0.717, 1.165) is 43.3 Å². The zero-order chi connectivity index (χ0) is 18.7. The molecular weight excluding hydrogens is 336 g/mol. The summed E-state index contributed by atoms with van der Waals surface area (Å²) in [4.78, 5) is 16.9. The van der Waals surface area contributed by atoms with Gasteiger partial charge in [-0.25, -0.2) is 15.0 Å². The Balaban J connectivity index is 1.83. The van der Waals surface area contributed by atoms with Gasteiger partial charge in [0.15, 0.2) is 17.5 Å². The Kier molecular flexibility index (Phi) is 4.97. The van der Waals surface area contributed by atoms with Crippen LogP contribution in [0.25, 0.3) is 22.8 Å². The van der Waals surface area contributed by atoms with Crippen LogP contribution in [-0.2, 0) is 10.3 Å². The van der Waals surface area contributed by atoms with Gasteiger partial charge in [0, 0.05) is 24.2 Å². The van der Waals surface area contributed by atoms with E-state index < -0.39 is 0 Å². The molecule has 0 spiro atoms. The summed E-state index contributed by atoms with van der Waals surface area (Å²) in [5.41, 5.74) is 1.69. The molecule has 0 saturated carbocycles.